The lowest BCUT2D eigenvalue weighted by atomic mass is 10.1. The second-order valence-electron chi connectivity index (χ2n) is 6.39. The molecule has 1 amide bonds. The molecule has 0 unspecified atom stereocenters. The molecule has 0 atom stereocenters. The Kier molecular flexibility index (Phi) is 6.20. The van der Waals surface area contributed by atoms with Crippen LogP contribution >= 0.6 is 0 Å². The number of hydrogen-bond donors (Lipinski definition) is 1. The van der Waals surface area contributed by atoms with Crippen molar-refractivity contribution in [3.8, 4) is 17.6 Å². The topological polar surface area (TPSA) is 105 Å². The second-order valence-corrected chi connectivity index (χ2v) is 6.39. The van der Waals surface area contributed by atoms with Crippen LogP contribution < -0.4 is 10.1 Å². The number of benzene rings is 3. The first-order valence-corrected chi connectivity index (χ1v) is 8.97. The normalized spacial score (nSPS) is 10.7. The summed E-state index contributed by atoms with van der Waals surface area (Å²) in [6.07, 6.45) is 1.40. The smallest absolute Gasteiger partial charge is 0.293 e. The van der Waals surface area contributed by atoms with Gasteiger partial charge >= 0.3 is 0 Å². The quantitative estimate of drug-likeness (QED) is 0.264. The molecule has 0 saturated carbocycles. The molecule has 0 aliphatic heterocycles. The van der Waals surface area contributed by atoms with E-state index in [1.807, 2.05) is 36.4 Å². The van der Waals surface area contributed by atoms with Gasteiger partial charge in [0.2, 0.25) is 0 Å². The highest BCUT2D eigenvalue weighted by Crippen LogP contribution is 2.26. The monoisotopic (exact) mass is 399 g/mol. The van der Waals surface area contributed by atoms with Crippen LogP contribution in [0.3, 0.4) is 0 Å². The number of aryl methyl sites for hydroxylation is 1. The summed E-state index contributed by atoms with van der Waals surface area (Å²) < 4.78 is 5.76. The molecule has 0 heterocycles. The predicted molar refractivity (Wildman–Crippen MR) is 113 cm³/mol. The lowest BCUT2D eigenvalue weighted by Crippen LogP contribution is -2.14. The third-order valence-corrected chi connectivity index (χ3v) is 4.11. The van der Waals surface area contributed by atoms with Crippen molar-refractivity contribution in [2.45, 2.75) is 6.92 Å². The fraction of sp³-hybridized carbons (Fsp3) is 0.0435. The minimum absolute atomic E-state index is 0.0258. The van der Waals surface area contributed by atoms with Crippen molar-refractivity contribution in [2.75, 3.05) is 5.32 Å². The van der Waals surface area contributed by atoms with Crippen LogP contribution in [0.1, 0.15) is 11.1 Å². The summed E-state index contributed by atoms with van der Waals surface area (Å²) >= 11 is 0. The SMILES string of the molecule is Cc1ccc(NC(=O)C(C#N)=Cc2cccc(Oc3ccccc3)c2)c([N+](=O)[O-])c1. The average Bonchev–Trinajstić information content (AvgIpc) is 2.74. The van der Waals surface area contributed by atoms with Crippen LogP contribution in [0.4, 0.5) is 11.4 Å². The van der Waals surface area contributed by atoms with Gasteiger partial charge in [0.05, 0.1) is 4.92 Å². The van der Waals surface area contributed by atoms with E-state index in [0.717, 1.165) is 0 Å². The molecule has 7 heteroatoms. The van der Waals surface area contributed by atoms with Crippen molar-refractivity contribution in [3.05, 3.63) is 99.6 Å². The molecule has 148 valence electrons. The van der Waals surface area contributed by atoms with Crippen LogP contribution in [0.5, 0.6) is 11.5 Å². The predicted octanol–water partition coefficient (Wildman–Crippen LogP) is 5.24. The second kappa shape index (κ2) is 9.17. The van der Waals surface area contributed by atoms with Crippen LogP contribution in [0, 0.1) is 28.4 Å². The van der Waals surface area contributed by atoms with Gasteiger partial charge in [-0.15, -0.1) is 0 Å². The summed E-state index contributed by atoms with van der Waals surface area (Å²) in [6, 6.07) is 22.4. The fourth-order valence-electron chi connectivity index (χ4n) is 2.70. The number of para-hydroxylation sites is 1. The zero-order chi connectivity index (χ0) is 21.5. The zero-order valence-corrected chi connectivity index (χ0v) is 16.0. The molecule has 1 N–H and O–H groups in total. The molecule has 0 radical (unpaired) electrons. The highest BCUT2D eigenvalue weighted by Gasteiger charge is 2.18. The van der Waals surface area contributed by atoms with Crippen molar-refractivity contribution in [2.24, 2.45) is 0 Å². The molecule has 0 saturated heterocycles. The lowest BCUT2D eigenvalue weighted by molar-refractivity contribution is -0.384. The highest BCUT2D eigenvalue weighted by molar-refractivity contribution is 6.10. The van der Waals surface area contributed by atoms with E-state index >= 15 is 0 Å². The summed E-state index contributed by atoms with van der Waals surface area (Å²) in [5.74, 6) is 0.462. The van der Waals surface area contributed by atoms with Gasteiger partial charge in [-0.25, -0.2) is 0 Å². The number of nitro benzene ring substituents is 1. The maximum Gasteiger partial charge on any atom is 0.293 e. The maximum atomic E-state index is 12.5. The number of rotatable bonds is 6. The number of anilines is 1. The minimum Gasteiger partial charge on any atom is -0.457 e. The Hall–Kier alpha value is -4.44. The minimum atomic E-state index is -0.737. The molecule has 0 aromatic heterocycles. The Morgan fingerprint density at radius 1 is 1.07 bits per heavy atom. The van der Waals surface area contributed by atoms with Gasteiger partial charge in [0, 0.05) is 6.07 Å². The number of carbonyl (C=O) groups is 1. The molecule has 3 rings (SSSR count). The van der Waals surface area contributed by atoms with Crippen LogP contribution in [0.15, 0.2) is 78.4 Å². The molecule has 0 aliphatic rings. The van der Waals surface area contributed by atoms with E-state index in [0.29, 0.717) is 22.6 Å². The van der Waals surface area contributed by atoms with Crippen LogP contribution in [-0.4, -0.2) is 10.8 Å². The van der Waals surface area contributed by atoms with E-state index in [2.05, 4.69) is 5.32 Å². The number of nitriles is 1. The number of nitrogens with zero attached hydrogens (tertiary/aromatic N) is 2. The van der Waals surface area contributed by atoms with E-state index in [9.17, 15) is 20.2 Å². The van der Waals surface area contributed by atoms with Gasteiger partial charge in [-0.2, -0.15) is 5.26 Å². The number of amides is 1. The first kappa shape index (κ1) is 20.3. The van der Waals surface area contributed by atoms with E-state index in [1.165, 1.54) is 18.2 Å². The van der Waals surface area contributed by atoms with Crippen LogP contribution in [-0.2, 0) is 4.79 Å². The Bertz CT molecular complexity index is 1160. The Labute approximate surface area is 173 Å². The van der Waals surface area contributed by atoms with Gasteiger partial charge in [0.25, 0.3) is 11.6 Å². The van der Waals surface area contributed by atoms with Crippen molar-refractivity contribution < 1.29 is 14.5 Å². The molecule has 30 heavy (non-hydrogen) atoms. The third kappa shape index (κ3) is 5.09. The number of ether oxygens (including phenoxy) is 1. The van der Waals surface area contributed by atoms with Crippen LogP contribution in [0.25, 0.3) is 6.08 Å². The summed E-state index contributed by atoms with van der Waals surface area (Å²) in [7, 11) is 0. The molecule has 0 spiro atoms. The zero-order valence-electron chi connectivity index (χ0n) is 16.0. The summed E-state index contributed by atoms with van der Waals surface area (Å²) in [5, 5.41) is 23.1. The number of hydrogen-bond acceptors (Lipinski definition) is 5. The number of nitro groups is 1. The van der Waals surface area contributed by atoms with Gasteiger partial charge in [-0.05, 0) is 54.5 Å². The maximum absolute atomic E-state index is 12.5. The molecule has 3 aromatic rings. The molecule has 0 aliphatic carbocycles. The Balaban J connectivity index is 1.82. The van der Waals surface area contributed by atoms with Crippen molar-refractivity contribution in [1.29, 1.82) is 5.26 Å². The van der Waals surface area contributed by atoms with Gasteiger partial charge < -0.3 is 10.1 Å². The first-order valence-electron chi connectivity index (χ1n) is 8.97. The average molecular weight is 399 g/mol. The molecular formula is C23H17N3O4. The molecule has 0 bridgehead atoms. The number of nitrogens with one attached hydrogen (secondary N) is 1. The van der Waals surface area contributed by atoms with Gasteiger partial charge in [-0.1, -0.05) is 36.4 Å². The summed E-state index contributed by atoms with van der Waals surface area (Å²) in [6.45, 7) is 1.71. The van der Waals surface area contributed by atoms with E-state index in [1.54, 1.807) is 37.3 Å². The number of carbonyl (C=O) groups excluding carboxylic acids is 1. The third-order valence-electron chi connectivity index (χ3n) is 4.11. The van der Waals surface area contributed by atoms with Crippen LogP contribution in [0.2, 0.25) is 0 Å². The van der Waals surface area contributed by atoms with E-state index in [-0.39, 0.29) is 16.9 Å². The lowest BCUT2D eigenvalue weighted by Gasteiger charge is -2.07. The first-order chi connectivity index (χ1) is 14.5. The van der Waals surface area contributed by atoms with Gasteiger partial charge in [0.15, 0.2) is 0 Å². The van der Waals surface area contributed by atoms with Crippen molar-refractivity contribution in [3.63, 3.8) is 0 Å². The summed E-state index contributed by atoms with van der Waals surface area (Å²) in [5.41, 5.74) is 0.859. The largest absolute Gasteiger partial charge is 0.457 e. The molecular weight excluding hydrogens is 382 g/mol. The van der Waals surface area contributed by atoms with Crippen molar-refractivity contribution in [1.82, 2.24) is 0 Å². The standard InChI is InChI=1S/C23H17N3O4/c1-16-10-11-21(22(12-16)26(28)29)25-23(27)18(15-24)13-17-6-5-9-20(14-17)30-19-7-3-2-4-8-19/h2-14H,1H3,(H,25,27). The summed E-state index contributed by atoms with van der Waals surface area (Å²) in [4.78, 5) is 23.2. The van der Waals surface area contributed by atoms with Gasteiger partial charge in [0.1, 0.15) is 28.8 Å². The molecule has 0 fully saturated rings. The molecule has 3 aromatic carbocycles. The highest BCUT2D eigenvalue weighted by atomic mass is 16.6. The van der Waals surface area contributed by atoms with E-state index in [4.69, 9.17) is 4.74 Å². The molecule has 7 nitrogen and oxygen atoms in total. The van der Waals surface area contributed by atoms with Crippen molar-refractivity contribution >= 4 is 23.4 Å². The van der Waals surface area contributed by atoms with Gasteiger partial charge in [-0.3, -0.25) is 14.9 Å². The Morgan fingerprint density at radius 2 is 1.80 bits per heavy atom. The van der Waals surface area contributed by atoms with E-state index < -0.39 is 10.8 Å². The fourth-order valence-corrected chi connectivity index (χ4v) is 2.70. The Morgan fingerprint density at radius 3 is 2.50 bits per heavy atom.